The van der Waals surface area contributed by atoms with Gasteiger partial charge in [-0.2, -0.15) is 0 Å². The number of fused-ring (bicyclic) bond motifs is 2. The summed E-state index contributed by atoms with van der Waals surface area (Å²) in [6.45, 7) is 0. The number of nitrogens with two attached hydrogens (primary N) is 1. The van der Waals surface area contributed by atoms with Crippen LogP contribution in [0.15, 0.2) is 0 Å². The maximum atomic E-state index is 11.1. The number of hydrogen-bond acceptors (Lipinski definition) is 2. The van der Waals surface area contributed by atoms with Crippen LogP contribution in [0.3, 0.4) is 0 Å². The standard InChI is InChI=1S/C14H24N2O/c15-14(17)10-3-5-12(6-4-10)16-13-8-9-1-2-11(13)7-9/h9-13,16H,1-8H2,(H2,15,17). The Hall–Kier alpha value is -0.570. The Morgan fingerprint density at radius 2 is 1.76 bits per heavy atom. The van der Waals surface area contributed by atoms with Gasteiger partial charge in [0, 0.05) is 18.0 Å². The van der Waals surface area contributed by atoms with Crippen LogP contribution in [0.5, 0.6) is 0 Å². The van der Waals surface area contributed by atoms with Crippen LogP contribution in [0.4, 0.5) is 0 Å². The molecule has 96 valence electrons. The molecule has 3 atom stereocenters. The average molecular weight is 236 g/mol. The van der Waals surface area contributed by atoms with Gasteiger partial charge >= 0.3 is 0 Å². The van der Waals surface area contributed by atoms with Gasteiger partial charge in [-0.1, -0.05) is 6.42 Å². The molecule has 3 rings (SSSR count). The largest absolute Gasteiger partial charge is 0.369 e. The molecular weight excluding hydrogens is 212 g/mol. The van der Waals surface area contributed by atoms with Gasteiger partial charge in [-0.3, -0.25) is 4.79 Å². The summed E-state index contributed by atoms with van der Waals surface area (Å²) in [6, 6.07) is 1.43. The number of primary amides is 1. The first-order valence-electron chi connectivity index (χ1n) is 7.27. The molecule has 0 aliphatic heterocycles. The number of amides is 1. The predicted molar refractivity (Wildman–Crippen MR) is 67.3 cm³/mol. The number of rotatable bonds is 3. The minimum absolute atomic E-state index is 0.0941. The van der Waals surface area contributed by atoms with Crippen molar-refractivity contribution in [1.82, 2.24) is 5.32 Å². The molecule has 0 aromatic carbocycles. The van der Waals surface area contributed by atoms with Crippen LogP contribution in [-0.2, 0) is 4.79 Å². The maximum absolute atomic E-state index is 11.1. The third-order valence-electron chi connectivity index (χ3n) is 5.32. The number of nitrogens with one attached hydrogen (secondary N) is 1. The van der Waals surface area contributed by atoms with E-state index in [0.29, 0.717) is 6.04 Å². The summed E-state index contributed by atoms with van der Waals surface area (Å²) in [7, 11) is 0. The Morgan fingerprint density at radius 3 is 2.29 bits per heavy atom. The summed E-state index contributed by atoms with van der Waals surface area (Å²) < 4.78 is 0. The molecule has 0 heterocycles. The molecule has 0 spiro atoms. The summed E-state index contributed by atoms with van der Waals surface area (Å²) in [5.41, 5.74) is 5.37. The summed E-state index contributed by atoms with van der Waals surface area (Å²) in [4.78, 5) is 11.1. The SMILES string of the molecule is NC(=O)C1CCC(NC2CC3CCC2C3)CC1. The molecule has 0 saturated heterocycles. The van der Waals surface area contributed by atoms with E-state index >= 15 is 0 Å². The Kier molecular flexibility index (Phi) is 3.12. The van der Waals surface area contributed by atoms with E-state index in [9.17, 15) is 4.79 Å². The topological polar surface area (TPSA) is 55.1 Å². The van der Waals surface area contributed by atoms with Crippen LogP contribution in [-0.4, -0.2) is 18.0 Å². The minimum atomic E-state index is -0.0941. The lowest BCUT2D eigenvalue weighted by molar-refractivity contribution is -0.122. The highest BCUT2D eigenvalue weighted by molar-refractivity contribution is 5.76. The molecule has 0 aromatic heterocycles. The molecule has 3 N–H and O–H groups in total. The second-order valence-corrected chi connectivity index (χ2v) is 6.40. The smallest absolute Gasteiger partial charge is 0.220 e. The Balaban J connectivity index is 1.46. The zero-order valence-corrected chi connectivity index (χ0v) is 10.5. The van der Waals surface area contributed by atoms with Crippen molar-refractivity contribution in [1.29, 1.82) is 0 Å². The molecule has 2 bridgehead atoms. The van der Waals surface area contributed by atoms with E-state index in [1.165, 1.54) is 25.7 Å². The highest BCUT2D eigenvalue weighted by Crippen LogP contribution is 2.45. The van der Waals surface area contributed by atoms with E-state index in [0.717, 1.165) is 43.6 Å². The Bertz CT molecular complexity index is 297. The van der Waals surface area contributed by atoms with Gasteiger partial charge in [0.05, 0.1) is 0 Å². The zero-order chi connectivity index (χ0) is 11.8. The third-order valence-corrected chi connectivity index (χ3v) is 5.32. The normalized spacial score (nSPS) is 45.1. The van der Waals surface area contributed by atoms with Crippen LogP contribution < -0.4 is 11.1 Å². The fourth-order valence-corrected chi connectivity index (χ4v) is 4.30. The molecular formula is C14H24N2O. The van der Waals surface area contributed by atoms with Crippen molar-refractivity contribution in [2.24, 2.45) is 23.5 Å². The van der Waals surface area contributed by atoms with Crippen molar-refractivity contribution in [3.63, 3.8) is 0 Å². The quantitative estimate of drug-likeness (QED) is 0.785. The van der Waals surface area contributed by atoms with Crippen molar-refractivity contribution in [3.8, 4) is 0 Å². The highest BCUT2D eigenvalue weighted by Gasteiger charge is 2.40. The molecule has 3 aliphatic rings. The van der Waals surface area contributed by atoms with Gasteiger partial charge in [0.25, 0.3) is 0 Å². The van der Waals surface area contributed by atoms with Gasteiger partial charge in [0.2, 0.25) is 5.91 Å². The van der Waals surface area contributed by atoms with Gasteiger partial charge in [0.1, 0.15) is 0 Å². The molecule has 1 amide bonds. The van der Waals surface area contributed by atoms with Crippen molar-refractivity contribution in [3.05, 3.63) is 0 Å². The minimum Gasteiger partial charge on any atom is -0.369 e. The van der Waals surface area contributed by atoms with E-state index in [-0.39, 0.29) is 11.8 Å². The lowest BCUT2D eigenvalue weighted by Crippen LogP contribution is -2.44. The average Bonchev–Trinajstić information content (AvgIpc) is 2.91. The molecule has 0 aromatic rings. The fourth-order valence-electron chi connectivity index (χ4n) is 4.30. The summed E-state index contributed by atoms with van der Waals surface area (Å²) in [5, 5.41) is 3.86. The summed E-state index contributed by atoms with van der Waals surface area (Å²) >= 11 is 0. The number of hydrogen-bond donors (Lipinski definition) is 2. The first-order valence-corrected chi connectivity index (χ1v) is 7.27. The van der Waals surface area contributed by atoms with E-state index < -0.39 is 0 Å². The molecule has 0 radical (unpaired) electrons. The maximum Gasteiger partial charge on any atom is 0.220 e. The van der Waals surface area contributed by atoms with Crippen molar-refractivity contribution in [2.75, 3.05) is 0 Å². The molecule has 3 heteroatoms. The Morgan fingerprint density at radius 1 is 1.00 bits per heavy atom. The highest BCUT2D eigenvalue weighted by atomic mass is 16.1. The fraction of sp³-hybridized carbons (Fsp3) is 0.929. The van der Waals surface area contributed by atoms with Crippen LogP contribution >= 0.6 is 0 Å². The van der Waals surface area contributed by atoms with Crippen molar-refractivity contribution in [2.45, 2.75) is 63.5 Å². The second-order valence-electron chi connectivity index (χ2n) is 6.40. The summed E-state index contributed by atoms with van der Waals surface area (Å²) in [6.07, 6.45) is 10.1. The van der Waals surface area contributed by atoms with Gasteiger partial charge < -0.3 is 11.1 Å². The predicted octanol–water partition coefficient (Wildman–Crippen LogP) is 1.81. The van der Waals surface area contributed by atoms with E-state index in [2.05, 4.69) is 5.32 Å². The number of carbonyl (C=O) groups is 1. The third kappa shape index (κ3) is 2.35. The Labute approximate surface area is 104 Å². The van der Waals surface area contributed by atoms with Gasteiger partial charge in [0.15, 0.2) is 0 Å². The lowest BCUT2D eigenvalue weighted by Gasteiger charge is -2.32. The summed E-state index contributed by atoms with van der Waals surface area (Å²) in [5.74, 6) is 2.02. The monoisotopic (exact) mass is 236 g/mol. The molecule has 3 aliphatic carbocycles. The molecule has 3 fully saturated rings. The molecule has 3 saturated carbocycles. The zero-order valence-electron chi connectivity index (χ0n) is 10.5. The van der Waals surface area contributed by atoms with Crippen LogP contribution in [0.25, 0.3) is 0 Å². The van der Waals surface area contributed by atoms with Crippen LogP contribution in [0.2, 0.25) is 0 Å². The van der Waals surface area contributed by atoms with Crippen molar-refractivity contribution < 1.29 is 4.79 Å². The number of carbonyl (C=O) groups excluding carboxylic acids is 1. The molecule has 3 nitrogen and oxygen atoms in total. The molecule has 3 unspecified atom stereocenters. The lowest BCUT2D eigenvalue weighted by atomic mass is 9.84. The van der Waals surface area contributed by atoms with Crippen molar-refractivity contribution >= 4 is 5.91 Å². The first-order chi connectivity index (χ1) is 8.22. The molecule has 17 heavy (non-hydrogen) atoms. The van der Waals surface area contributed by atoms with Crippen LogP contribution in [0, 0.1) is 17.8 Å². The van der Waals surface area contributed by atoms with E-state index in [1.807, 2.05) is 0 Å². The van der Waals surface area contributed by atoms with E-state index in [4.69, 9.17) is 5.73 Å². The van der Waals surface area contributed by atoms with Gasteiger partial charge in [-0.05, 0) is 56.8 Å². The van der Waals surface area contributed by atoms with Crippen LogP contribution in [0.1, 0.15) is 51.4 Å². The van der Waals surface area contributed by atoms with Gasteiger partial charge in [-0.15, -0.1) is 0 Å². The first kappa shape index (κ1) is 11.5. The second kappa shape index (κ2) is 4.60. The van der Waals surface area contributed by atoms with Gasteiger partial charge in [-0.25, -0.2) is 0 Å². The van der Waals surface area contributed by atoms with E-state index in [1.54, 1.807) is 0 Å².